The van der Waals surface area contributed by atoms with E-state index in [-0.39, 0.29) is 28.5 Å². The summed E-state index contributed by atoms with van der Waals surface area (Å²) in [5.74, 6) is -2.16. The molecule has 6 aromatic rings. The van der Waals surface area contributed by atoms with Crippen LogP contribution in [0.1, 0.15) is 26.5 Å². The molecular formula is C29H18ClFN6O2. The number of nitrogens with one attached hydrogen (secondary N) is 1. The summed E-state index contributed by atoms with van der Waals surface area (Å²) in [6.07, 6.45) is 1.71. The van der Waals surface area contributed by atoms with Crippen molar-refractivity contribution in [1.82, 2.24) is 30.3 Å². The van der Waals surface area contributed by atoms with Gasteiger partial charge in [0.15, 0.2) is 5.69 Å². The van der Waals surface area contributed by atoms with E-state index in [1.54, 1.807) is 36.5 Å². The van der Waals surface area contributed by atoms with Crippen LogP contribution in [0.2, 0.25) is 5.02 Å². The average molecular weight is 537 g/mol. The van der Waals surface area contributed by atoms with Crippen LogP contribution in [0.4, 0.5) is 4.39 Å². The summed E-state index contributed by atoms with van der Waals surface area (Å²) in [5.41, 5.74) is 2.37. The van der Waals surface area contributed by atoms with Gasteiger partial charge in [0.2, 0.25) is 0 Å². The van der Waals surface area contributed by atoms with E-state index < -0.39 is 17.6 Å². The highest BCUT2D eigenvalue weighted by molar-refractivity contribution is 6.31. The van der Waals surface area contributed by atoms with Gasteiger partial charge in [-0.1, -0.05) is 65.3 Å². The molecule has 0 aliphatic rings. The molecule has 190 valence electrons. The van der Waals surface area contributed by atoms with Crippen LogP contribution >= 0.6 is 11.6 Å². The molecule has 0 radical (unpaired) electrons. The van der Waals surface area contributed by atoms with Crippen LogP contribution in [0, 0.1) is 5.82 Å². The Morgan fingerprint density at radius 1 is 0.923 bits per heavy atom. The quantitative estimate of drug-likeness (QED) is 0.294. The van der Waals surface area contributed by atoms with Gasteiger partial charge in [-0.3, -0.25) is 19.6 Å². The predicted molar refractivity (Wildman–Crippen MR) is 145 cm³/mol. The number of carbonyl (C=O) groups excluding carboxylic acids is 2. The lowest BCUT2D eigenvalue weighted by molar-refractivity contribution is 0.0938. The van der Waals surface area contributed by atoms with Crippen molar-refractivity contribution in [3.05, 3.63) is 119 Å². The molecule has 3 aromatic heterocycles. The maximum Gasteiger partial charge on any atom is 0.283 e. The highest BCUT2D eigenvalue weighted by Gasteiger charge is 2.27. The van der Waals surface area contributed by atoms with Gasteiger partial charge in [-0.2, -0.15) is 4.68 Å². The number of pyridine rings is 2. The van der Waals surface area contributed by atoms with E-state index in [1.165, 1.54) is 12.1 Å². The third-order valence-electron chi connectivity index (χ3n) is 6.23. The number of carbonyl (C=O) groups is 2. The summed E-state index contributed by atoms with van der Waals surface area (Å²) in [6, 6.07) is 23.7. The first-order chi connectivity index (χ1) is 19.0. The van der Waals surface area contributed by atoms with Gasteiger partial charge in [0.25, 0.3) is 11.8 Å². The topological polar surface area (TPSA) is 103 Å². The fourth-order valence-corrected chi connectivity index (χ4v) is 4.59. The maximum atomic E-state index is 14.5. The van der Waals surface area contributed by atoms with Crippen molar-refractivity contribution in [3.63, 3.8) is 0 Å². The predicted octanol–water partition coefficient (Wildman–Crippen LogP) is 5.45. The molecule has 8 nitrogen and oxygen atoms in total. The van der Waals surface area contributed by atoms with E-state index in [2.05, 4.69) is 20.6 Å². The summed E-state index contributed by atoms with van der Waals surface area (Å²) in [6.45, 7) is 0.0732. The monoisotopic (exact) mass is 536 g/mol. The fourth-order valence-electron chi connectivity index (χ4n) is 4.42. The zero-order valence-corrected chi connectivity index (χ0v) is 20.9. The number of benzene rings is 3. The molecule has 6 rings (SSSR count). The van der Waals surface area contributed by atoms with E-state index in [0.29, 0.717) is 11.3 Å². The Hall–Kier alpha value is -5.02. The van der Waals surface area contributed by atoms with Gasteiger partial charge >= 0.3 is 0 Å². The highest BCUT2D eigenvalue weighted by Crippen LogP contribution is 2.26. The van der Waals surface area contributed by atoms with Gasteiger partial charge in [-0.25, -0.2) is 4.39 Å². The van der Waals surface area contributed by atoms with Crippen molar-refractivity contribution in [2.75, 3.05) is 0 Å². The SMILES string of the molecule is O=C(NCc1nc2ccccc2c2ncccc12)c1nnn(C(=O)c2cc(Cl)ccc2F)c1-c1ccccc1. The van der Waals surface area contributed by atoms with E-state index in [9.17, 15) is 14.0 Å². The molecular weight excluding hydrogens is 519 g/mol. The third-order valence-corrected chi connectivity index (χ3v) is 6.47. The molecule has 0 fully saturated rings. The lowest BCUT2D eigenvalue weighted by Crippen LogP contribution is -2.25. The van der Waals surface area contributed by atoms with E-state index in [4.69, 9.17) is 16.6 Å². The molecule has 3 aromatic carbocycles. The third kappa shape index (κ3) is 4.49. The second kappa shape index (κ2) is 10.0. The molecule has 0 aliphatic carbocycles. The van der Waals surface area contributed by atoms with E-state index in [1.807, 2.05) is 36.4 Å². The average Bonchev–Trinajstić information content (AvgIpc) is 3.42. The molecule has 0 bridgehead atoms. The number of para-hydroxylation sites is 1. The Labute approximate surface area is 226 Å². The number of nitrogens with zero attached hydrogens (tertiary/aromatic N) is 5. The molecule has 0 saturated heterocycles. The van der Waals surface area contributed by atoms with Gasteiger partial charge < -0.3 is 5.32 Å². The molecule has 0 aliphatic heterocycles. The Balaban J connectivity index is 1.38. The standard InChI is InChI=1S/C29H18ClFN6O2/c30-18-12-13-22(31)21(15-18)29(39)37-27(17-7-2-1-3-8-17)26(35-36-37)28(38)33-16-24-20-10-6-14-32-25(20)19-9-4-5-11-23(19)34-24/h1-15H,16H2,(H,33,38). The van der Waals surface area contributed by atoms with Crippen LogP contribution in [0.15, 0.2) is 91.1 Å². The van der Waals surface area contributed by atoms with Crippen molar-refractivity contribution in [2.45, 2.75) is 6.54 Å². The van der Waals surface area contributed by atoms with Crippen LogP contribution in [0.25, 0.3) is 33.1 Å². The zero-order chi connectivity index (χ0) is 26.9. The van der Waals surface area contributed by atoms with Crippen LogP contribution in [-0.4, -0.2) is 36.8 Å². The van der Waals surface area contributed by atoms with Crippen molar-refractivity contribution >= 4 is 45.2 Å². The maximum absolute atomic E-state index is 14.5. The first-order valence-electron chi connectivity index (χ1n) is 11.9. The molecule has 0 saturated carbocycles. The molecule has 0 spiro atoms. The van der Waals surface area contributed by atoms with Crippen LogP contribution in [0.3, 0.4) is 0 Å². The Bertz CT molecular complexity index is 1890. The highest BCUT2D eigenvalue weighted by atomic mass is 35.5. The fraction of sp³-hybridized carbons (Fsp3) is 0.0345. The lowest BCUT2D eigenvalue weighted by Gasteiger charge is -2.11. The molecule has 3 heterocycles. The number of hydrogen-bond donors (Lipinski definition) is 1. The van der Waals surface area contributed by atoms with E-state index in [0.717, 1.165) is 32.6 Å². The summed E-state index contributed by atoms with van der Waals surface area (Å²) in [7, 11) is 0. The minimum atomic E-state index is -0.811. The Morgan fingerprint density at radius 3 is 2.54 bits per heavy atom. The van der Waals surface area contributed by atoms with Crippen molar-refractivity contribution in [1.29, 1.82) is 0 Å². The number of aromatic nitrogens is 5. The normalized spacial score (nSPS) is 11.1. The smallest absolute Gasteiger partial charge is 0.283 e. The summed E-state index contributed by atoms with van der Waals surface area (Å²) < 4.78 is 15.4. The summed E-state index contributed by atoms with van der Waals surface area (Å²) in [5, 5.41) is 12.7. The molecule has 0 atom stereocenters. The molecule has 10 heteroatoms. The number of rotatable bonds is 5. The number of halogens is 2. The lowest BCUT2D eigenvalue weighted by atomic mass is 10.1. The van der Waals surface area contributed by atoms with Crippen molar-refractivity contribution in [3.8, 4) is 11.3 Å². The Kier molecular flexibility index (Phi) is 6.26. The second-order valence-corrected chi connectivity index (χ2v) is 9.09. The number of amides is 1. The molecule has 0 unspecified atom stereocenters. The minimum Gasteiger partial charge on any atom is -0.345 e. The van der Waals surface area contributed by atoms with E-state index >= 15 is 0 Å². The summed E-state index contributed by atoms with van der Waals surface area (Å²) >= 11 is 6.00. The Morgan fingerprint density at radius 2 is 1.69 bits per heavy atom. The van der Waals surface area contributed by atoms with Gasteiger partial charge in [0.05, 0.1) is 28.8 Å². The van der Waals surface area contributed by atoms with Crippen LogP contribution in [0.5, 0.6) is 0 Å². The number of fused-ring (bicyclic) bond motifs is 3. The van der Waals surface area contributed by atoms with Gasteiger partial charge in [-0.15, -0.1) is 5.10 Å². The van der Waals surface area contributed by atoms with Gasteiger partial charge in [-0.05, 0) is 36.4 Å². The molecule has 39 heavy (non-hydrogen) atoms. The first kappa shape index (κ1) is 24.3. The zero-order valence-electron chi connectivity index (χ0n) is 20.2. The van der Waals surface area contributed by atoms with Crippen molar-refractivity contribution < 1.29 is 14.0 Å². The molecule has 1 N–H and O–H groups in total. The first-order valence-corrected chi connectivity index (χ1v) is 12.3. The van der Waals surface area contributed by atoms with Gasteiger partial charge in [0.1, 0.15) is 11.5 Å². The largest absolute Gasteiger partial charge is 0.345 e. The number of hydrogen-bond acceptors (Lipinski definition) is 6. The molecule has 1 amide bonds. The van der Waals surface area contributed by atoms with Gasteiger partial charge in [0, 0.05) is 27.6 Å². The summed E-state index contributed by atoms with van der Waals surface area (Å²) in [4.78, 5) is 36.0. The van der Waals surface area contributed by atoms with Crippen LogP contribution < -0.4 is 5.32 Å². The van der Waals surface area contributed by atoms with Crippen LogP contribution in [-0.2, 0) is 6.54 Å². The second-order valence-electron chi connectivity index (χ2n) is 8.65. The van der Waals surface area contributed by atoms with Crippen molar-refractivity contribution in [2.24, 2.45) is 0 Å². The minimum absolute atomic E-state index is 0.0732.